The first-order valence-corrected chi connectivity index (χ1v) is 7.38. The van der Waals surface area contributed by atoms with Crippen LogP contribution in [-0.2, 0) is 0 Å². The average molecular weight is 359 g/mol. The van der Waals surface area contributed by atoms with Crippen molar-refractivity contribution in [2.24, 2.45) is 5.10 Å². The molecule has 112 valence electrons. The molecular formula is C17H15BrN2O2. The topological polar surface area (TPSA) is 50.7 Å². The number of carbonyl (C=O) groups is 1. The van der Waals surface area contributed by atoms with Gasteiger partial charge in [-0.1, -0.05) is 36.4 Å². The van der Waals surface area contributed by atoms with Crippen LogP contribution in [0.4, 0.5) is 0 Å². The van der Waals surface area contributed by atoms with Crippen LogP contribution in [0.15, 0.2) is 64.2 Å². The maximum Gasteiger partial charge on any atom is 0.271 e. The molecule has 0 fully saturated rings. The smallest absolute Gasteiger partial charge is 0.271 e. The number of halogens is 1. The Labute approximate surface area is 137 Å². The van der Waals surface area contributed by atoms with Crippen molar-refractivity contribution in [1.29, 1.82) is 0 Å². The van der Waals surface area contributed by atoms with Crippen molar-refractivity contribution in [3.05, 3.63) is 70.2 Å². The van der Waals surface area contributed by atoms with E-state index >= 15 is 0 Å². The molecule has 0 atom stereocenters. The Kier molecular flexibility index (Phi) is 5.91. The maximum absolute atomic E-state index is 11.9. The number of carbonyl (C=O) groups excluding carboxylic acids is 1. The highest BCUT2D eigenvalue weighted by Crippen LogP contribution is 2.12. The summed E-state index contributed by atoms with van der Waals surface area (Å²) in [7, 11) is 1.56. The van der Waals surface area contributed by atoms with Gasteiger partial charge in [-0.2, -0.15) is 5.10 Å². The lowest BCUT2D eigenvalue weighted by Crippen LogP contribution is -2.17. The lowest BCUT2D eigenvalue weighted by atomic mass is 10.2. The minimum absolute atomic E-state index is 0.296. The lowest BCUT2D eigenvalue weighted by Gasteiger charge is -2.02. The van der Waals surface area contributed by atoms with E-state index in [1.54, 1.807) is 31.4 Å². The van der Waals surface area contributed by atoms with E-state index in [1.807, 2.05) is 36.4 Å². The van der Waals surface area contributed by atoms with Crippen molar-refractivity contribution >= 4 is 34.1 Å². The first kappa shape index (κ1) is 16.0. The van der Waals surface area contributed by atoms with E-state index in [0.29, 0.717) is 11.3 Å². The molecule has 2 rings (SSSR count). The summed E-state index contributed by atoms with van der Waals surface area (Å²) in [5, 5.41) is 3.92. The number of nitrogens with one attached hydrogen (secondary N) is 1. The Bertz CT molecular complexity index is 697. The van der Waals surface area contributed by atoms with E-state index in [1.165, 1.54) is 6.21 Å². The minimum atomic E-state index is -0.296. The summed E-state index contributed by atoms with van der Waals surface area (Å²) in [4.78, 5) is 11.9. The number of rotatable bonds is 5. The monoisotopic (exact) mass is 358 g/mol. The zero-order chi connectivity index (χ0) is 15.8. The third-order valence-corrected chi connectivity index (χ3v) is 3.22. The van der Waals surface area contributed by atoms with Crippen LogP contribution in [0.5, 0.6) is 5.75 Å². The number of allylic oxidation sites excluding steroid dienone is 1. The summed E-state index contributed by atoms with van der Waals surface area (Å²) >= 11 is 3.38. The van der Waals surface area contributed by atoms with Gasteiger partial charge in [0.1, 0.15) is 5.75 Å². The molecule has 0 saturated carbocycles. The highest BCUT2D eigenvalue weighted by Gasteiger charge is 2.04. The minimum Gasteiger partial charge on any atom is -0.497 e. The van der Waals surface area contributed by atoms with E-state index in [9.17, 15) is 4.79 Å². The molecule has 2 aromatic carbocycles. The van der Waals surface area contributed by atoms with Gasteiger partial charge in [-0.3, -0.25) is 4.79 Å². The van der Waals surface area contributed by atoms with E-state index in [-0.39, 0.29) is 5.91 Å². The fourth-order valence-corrected chi connectivity index (χ4v) is 2.09. The van der Waals surface area contributed by atoms with Crippen LogP contribution in [0, 0.1) is 0 Å². The number of hydrazone groups is 1. The third-order valence-electron chi connectivity index (χ3n) is 2.79. The number of hydrogen-bond acceptors (Lipinski definition) is 3. The van der Waals surface area contributed by atoms with Crippen LogP contribution >= 0.6 is 15.9 Å². The molecule has 0 spiro atoms. The summed E-state index contributed by atoms with van der Waals surface area (Å²) in [5.41, 5.74) is 4.00. The van der Waals surface area contributed by atoms with Gasteiger partial charge in [0.15, 0.2) is 0 Å². The van der Waals surface area contributed by atoms with Crippen molar-refractivity contribution in [3.63, 3.8) is 0 Å². The molecule has 1 N–H and O–H groups in total. The van der Waals surface area contributed by atoms with E-state index in [2.05, 4.69) is 26.5 Å². The second-order valence-electron chi connectivity index (χ2n) is 4.37. The molecule has 0 radical (unpaired) electrons. The molecule has 0 aliphatic rings. The SMILES string of the molecule is COc1cccc(C(=O)N/N=C\C(Br)=C\c2ccccc2)c1. The summed E-state index contributed by atoms with van der Waals surface area (Å²) in [6, 6.07) is 16.7. The third kappa shape index (κ3) is 4.86. The average Bonchev–Trinajstić information content (AvgIpc) is 2.55. The molecule has 0 aliphatic heterocycles. The molecule has 5 heteroatoms. The highest BCUT2D eigenvalue weighted by atomic mass is 79.9. The van der Waals surface area contributed by atoms with Gasteiger partial charge < -0.3 is 4.74 Å². The highest BCUT2D eigenvalue weighted by molar-refractivity contribution is 9.12. The summed E-state index contributed by atoms with van der Waals surface area (Å²) in [5.74, 6) is 0.331. The molecule has 4 nitrogen and oxygen atoms in total. The van der Waals surface area contributed by atoms with Gasteiger partial charge in [0, 0.05) is 10.0 Å². The molecule has 1 amide bonds. The van der Waals surface area contributed by atoms with Gasteiger partial charge >= 0.3 is 0 Å². The molecule has 0 bridgehead atoms. The molecule has 2 aromatic rings. The summed E-state index contributed by atoms with van der Waals surface area (Å²) < 4.78 is 5.83. The van der Waals surface area contributed by atoms with Gasteiger partial charge in [0.25, 0.3) is 5.91 Å². The number of ether oxygens (including phenoxy) is 1. The van der Waals surface area contributed by atoms with Gasteiger partial charge in [0.05, 0.1) is 13.3 Å². The Balaban J connectivity index is 1.96. The Hall–Kier alpha value is -2.40. The van der Waals surface area contributed by atoms with Gasteiger partial charge in [-0.15, -0.1) is 0 Å². The van der Waals surface area contributed by atoms with Crippen molar-refractivity contribution in [1.82, 2.24) is 5.43 Å². The van der Waals surface area contributed by atoms with E-state index < -0.39 is 0 Å². The van der Waals surface area contributed by atoms with Crippen LogP contribution < -0.4 is 10.2 Å². The first-order chi connectivity index (χ1) is 10.7. The molecular weight excluding hydrogens is 344 g/mol. The number of methoxy groups -OCH3 is 1. The number of nitrogens with zero attached hydrogens (tertiary/aromatic N) is 1. The first-order valence-electron chi connectivity index (χ1n) is 6.59. The number of benzene rings is 2. The van der Waals surface area contributed by atoms with Crippen molar-refractivity contribution in [2.45, 2.75) is 0 Å². The van der Waals surface area contributed by atoms with Gasteiger partial charge in [-0.25, -0.2) is 5.43 Å². The number of hydrogen-bond donors (Lipinski definition) is 1. The molecule has 0 unspecified atom stereocenters. The van der Waals surface area contributed by atoms with Crippen molar-refractivity contribution < 1.29 is 9.53 Å². The fraction of sp³-hybridized carbons (Fsp3) is 0.0588. The summed E-state index contributed by atoms with van der Waals surface area (Å²) in [6.45, 7) is 0. The Morgan fingerprint density at radius 3 is 2.68 bits per heavy atom. The maximum atomic E-state index is 11.9. The quantitative estimate of drug-likeness (QED) is 0.651. The van der Waals surface area contributed by atoms with Crippen LogP contribution in [-0.4, -0.2) is 19.2 Å². The largest absolute Gasteiger partial charge is 0.497 e. The van der Waals surface area contributed by atoms with E-state index in [0.717, 1.165) is 10.0 Å². The van der Waals surface area contributed by atoms with Crippen LogP contribution in [0.3, 0.4) is 0 Å². The predicted octanol–water partition coefficient (Wildman–Crippen LogP) is 3.85. The van der Waals surface area contributed by atoms with Crippen LogP contribution in [0.1, 0.15) is 15.9 Å². The van der Waals surface area contributed by atoms with Gasteiger partial charge in [0.2, 0.25) is 0 Å². The molecule has 0 aliphatic carbocycles. The van der Waals surface area contributed by atoms with E-state index in [4.69, 9.17) is 4.74 Å². The lowest BCUT2D eigenvalue weighted by molar-refractivity contribution is 0.0955. The Morgan fingerprint density at radius 2 is 1.95 bits per heavy atom. The molecule has 0 saturated heterocycles. The fourth-order valence-electron chi connectivity index (χ4n) is 1.73. The van der Waals surface area contributed by atoms with Crippen LogP contribution in [0.25, 0.3) is 6.08 Å². The van der Waals surface area contributed by atoms with Crippen molar-refractivity contribution in [3.8, 4) is 5.75 Å². The zero-order valence-corrected chi connectivity index (χ0v) is 13.6. The molecule has 0 heterocycles. The van der Waals surface area contributed by atoms with Crippen molar-refractivity contribution in [2.75, 3.05) is 7.11 Å². The zero-order valence-electron chi connectivity index (χ0n) is 12.0. The Morgan fingerprint density at radius 1 is 1.18 bits per heavy atom. The number of amides is 1. The second kappa shape index (κ2) is 8.14. The van der Waals surface area contributed by atoms with Crippen LogP contribution in [0.2, 0.25) is 0 Å². The molecule has 22 heavy (non-hydrogen) atoms. The molecule has 0 aromatic heterocycles. The van der Waals surface area contributed by atoms with Gasteiger partial charge in [-0.05, 0) is 45.8 Å². The summed E-state index contributed by atoms with van der Waals surface area (Å²) in [6.07, 6.45) is 3.44. The predicted molar refractivity (Wildman–Crippen MR) is 92.3 cm³/mol. The normalized spacial score (nSPS) is 11.5. The standard InChI is InChI=1S/C17H15BrN2O2/c1-22-16-9-5-8-14(11-16)17(21)20-19-12-15(18)10-13-6-3-2-4-7-13/h2-12H,1H3,(H,20,21)/b15-10-,19-12-. The second-order valence-corrected chi connectivity index (χ2v) is 5.29.